The second-order valence-corrected chi connectivity index (χ2v) is 5.48. The second kappa shape index (κ2) is 10.5. The molecule has 3 N–H and O–H groups in total. The minimum absolute atomic E-state index is 0.0797. The number of carbonyl (C=O) groups excluding carboxylic acids is 1. The molecular formula is C19H25N2O4+. The number of methoxy groups -OCH3 is 2. The van der Waals surface area contributed by atoms with Crippen molar-refractivity contribution in [3.63, 3.8) is 0 Å². The number of nitrogens with one attached hydrogen (secondary N) is 1. The topological polar surface area (TPSA) is 73.4 Å². The molecule has 0 heterocycles. The molecular weight excluding hydrogens is 320 g/mol. The summed E-state index contributed by atoms with van der Waals surface area (Å²) in [6.45, 7) is 1.38. The Morgan fingerprint density at radius 3 is 2.36 bits per heavy atom. The van der Waals surface area contributed by atoms with Crippen LogP contribution >= 0.6 is 0 Å². The molecule has 25 heavy (non-hydrogen) atoms. The standard InChI is InChI=1S/C19H24N2O4/c1-23-19(24-2)13-20-12-18(22)21-16-8-10-17(11-9-16)25-14-15-6-4-3-5-7-15/h3-11,19-20H,12-14H2,1-2H3,(H,21,22)/p+1. The number of nitrogens with two attached hydrogens (primary N) is 1. The van der Waals surface area contributed by atoms with Crippen molar-refractivity contribution in [2.24, 2.45) is 0 Å². The van der Waals surface area contributed by atoms with Crippen LogP contribution < -0.4 is 15.4 Å². The first-order valence-electron chi connectivity index (χ1n) is 8.15. The van der Waals surface area contributed by atoms with Crippen molar-refractivity contribution in [3.05, 3.63) is 60.2 Å². The maximum Gasteiger partial charge on any atom is 0.279 e. The normalized spacial score (nSPS) is 10.7. The lowest BCUT2D eigenvalue weighted by molar-refractivity contribution is -0.656. The molecule has 2 aromatic rings. The number of quaternary nitrogens is 1. The minimum Gasteiger partial charge on any atom is -0.489 e. The zero-order valence-corrected chi connectivity index (χ0v) is 14.6. The van der Waals surface area contributed by atoms with Gasteiger partial charge in [0.25, 0.3) is 5.91 Å². The average molecular weight is 345 g/mol. The molecule has 0 radical (unpaired) electrons. The summed E-state index contributed by atoms with van der Waals surface area (Å²) in [4.78, 5) is 11.9. The van der Waals surface area contributed by atoms with E-state index in [4.69, 9.17) is 14.2 Å². The van der Waals surface area contributed by atoms with Crippen LogP contribution in [-0.2, 0) is 20.9 Å². The lowest BCUT2D eigenvalue weighted by atomic mass is 10.2. The zero-order chi connectivity index (χ0) is 17.9. The second-order valence-electron chi connectivity index (χ2n) is 5.48. The predicted molar refractivity (Wildman–Crippen MR) is 95.3 cm³/mol. The molecule has 0 spiro atoms. The van der Waals surface area contributed by atoms with Gasteiger partial charge in [0, 0.05) is 19.9 Å². The smallest absolute Gasteiger partial charge is 0.279 e. The van der Waals surface area contributed by atoms with Crippen molar-refractivity contribution < 1.29 is 24.3 Å². The van der Waals surface area contributed by atoms with Gasteiger partial charge in [0.2, 0.25) is 6.29 Å². The highest BCUT2D eigenvalue weighted by atomic mass is 16.7. The van der Waals surface area contributed by atoms with Crippen LogP contribution in [0.4, 0.5) is 5.69 Å². The molecule has 0 saturated heterocycles. The maximum absolute atomic E-state index is 11.9. The van der Waals surface area contributed by atoms with E-state index in [2.05, 4.69) is 5.32 Å². The van der Waals surface area contributed by atoms with Crippen LogP contribution in [0.3, 0.4) is 0 Å². The van der Waals surface area contributed by atoms with E-state index in [1.54, 1.807) is 14.2 Å². The Morgan fingerprint density at radius 1 is 1.04 bits per heavy atom. The Hall–Kier alpha value is -2.41. The van der Waals surface area contributed by atoms with Crippen molar-refractivity contribution >= 4 is 11.6 Å². The number of ether oxygens (including phenoxy) is 3. The Labute approximate surface area is 148 Å². The van der Waals surface area contributed by atoms with Gasteiger partial charge < -0.3 is 24.8 Å². The number of hydrogen-bond donors (Lipinski definition) is 2. The van der Waals surface area contributed by atoms with E-state index in [-0.39, 0.29) is 12.2 Å². The van der Waals surface area contributed by atoms with Gasteiger partial charge in [0.05, 0.1) is 0 Å². The summed E-state index contributed by atoms with van der Waals surface area (Å²) in [6.07, 6.45) is -0.311. The third-order valence-electron chi connectivity index (χ3n) is 3.60. The van der Waals surface area contributed by atoms with Crippen molar-refractivity contribution in [2.75, 3.05) is 32.6 Å². The number of rotatable bonds is 10. The Morgan fingerprint density at radius 2 is 1.72 bits per heavy atom. The fourth-order valence-electron chi connectivity index (χ4n) is 2.23. The quantitative estimate of drug-likeness (QED) is 0.638. The van der Waals surface area contributed by atoms with Gasteiger partial charge in [-0.25, -0.2) is 0 Å². The lowest BCUT2D eigenvalue weighted by Crippen LogP contribution is -2.88. The molecule has 1 amide bonds. The van der Waals surface area contributed by atoms with Gasteiger partial charge in [-0.3, -0.25) is 4.79 Å². The minimum atomic E-state index is -0.311. The SMILES string of the molecule is COC(C[NH2+]CC(=O)Nc1ccc(OCc2ccccc2)cc1)OC. The van der Waals surface area contributed by atoms with Crippen molar-refractivity contribution in [1.29, 1.82) is 0 Å². The first-order chi connectivity index (χ1) is 12.2. The molecule has 6 nitrogen and oxygen atoms in total. The molecule has 2 aromatic carbocycles. The summed E-state index contributed by atoms with van der Waals surface area (Å²) in [6, 6.07) is 17.3. The summed E-state index contributed by atoms with van der Waals surface area (Å²) in [7, 11) is 3.15. The molecule has 0 fully saturated rings. The molecule has 0 aromatic heterocycles. The molecule has 2 rings (SSSR count). The molecule has 0 aliphatic rings. The summed E-state index contributed by atoms with van der Waals surface area (Å²) in [5, 5.41) is 4.68. The monoisotopic (exact) mass is 345 g/mol. The molecule has 0 atom stereocenters. The highest BCUT2D eigenvalue weighted by Gasteiger charge is 2.10. The van der Waals surface area contributed by atoms with Crippen LogP contribution in [0.1, 0.15) is 5.56 Å². The van der Waals surface area contributed by atoms with E-state index in [0.717, 1.165) is 17.0 Å². The highest BCUT2D eigenvalue weighted by Crippen LogP contribution is 2.16. The fraction of sp³-hybridized carbons (Fsp3) is 0.316. The first kappa shape index (κ1) is 18.9. The van der Waals surface area contributed by atoms with Gasteiger partial charge in [0.1, 0.15) is 18.9 Å². The maximum atomic E-state index is 11.9. The number of benzene rings is 2. The van der Waals surface area contributed by atoms with Crippen molar-refractivity contribution in [2.45, 2.75) is 12.9 Å². The summed E-state index contributed by atoms with van der Waals surface area (Å²) >= 11 is 0. The van der Waals surface area contributed by atoms with Crippen molar-refractivity contribution in [1.82, 2.24) is 0 Å². The molecule has 0 saturated carbocycles. The van der Waals surface area contributed by atoms with E-state index < -0.39 is 0 Å². The third kappa shape index (κ3) is 6.93. The fourth-order valence-corrected chi connectivity index (χ4v) is 2.23. The van der Waals surface area contributed by atoms with Gasteiger partial charge in [-0.05, 0) is 29.8 Å². The van der Waals surface area contributed by atoms with E-state index in [9.17, 15) is 4.79 Å². The Bertz CT molecular complexity index is 628. The molecule has 6 heteroatoms. The summed E-state index contributed by atoms with van der Waals surface area (Å²) in [5.74, 6) is 0.681. The Kier molecular flexibility index (Phi) is 7.91. The van der Waals surface area contributed by atoms with E-state index in [1.807, 2.05) is 59.9 Å². The Balaban J connectivity index is 1.73. The van der Waals surface area contributed by atoms with E-state index in [1.165, 1.54) is 0 Å². The van der Waals surface area contributed by atoms with Gasteiger partial charge in [-0.2, -0.15) is 0 Å². The molecule has 0 aliphatic heterocycles. The molecule has 0 aliphatic carbocycles. The number of hydrogen-bond acceptors (Lipinski definition) is 4. The third-order valence-corrected chi connectivity index (χ3v) is 3.60. The van der Waals surface area contributed by atoms with Crippen LogP contribution in [-0.4, -0.2) is 39.5 Å². The lowest BCUT2D eigenvalue weighted by Gasteiger charge is -2.11. The molecule has 0 bridgehead atoms. The first-order valence-corrected chi connectivity index (χ1v) is 8.15. The van der Waals surface area contributed by atoms with E-state index in [0.29, 0.717) is 19.7 Å². The van der Waals surface area contributed by atoms with E-state index >= 15 is 0 Å². The average Bonchev–Trinajstić information content (AvgIpc) is 2.65. The van der Waals surface area contributed by atoms with Crippen LogP contribution in [0.15, 0.2) is 54.6 Å². The van der Waals surface area contributed by atoms with Crippen molar-refractivity contribution in [3.8, 4) is 5.75 Å². The number of carbonyl (C=O) groups is 1. The van der Waals surface area contributed by atoms with Gasteiger partial charge in [-0.1, -0.05) is 30.3 Å². The summed E-state index contributed by atoms with van der Waals surface area (Å²) < 4.78 is 15.9. The number of amides is 1. The number of anilines is 1. The van der Waals surface area contributed by atoms with Gasteiger partial charge >= 0.3 is 0 Å². The van der Waals surface area contributed by atoms with Gasteiger partial charge in [0.15, 0.2) is 6.54 Å². The molecule has 134 valence electrons. The highest BCUT2D eigenvalue weighted by molar-refractivity contribution is 5.91. The summed E-state index contributed by atoms with van der Waals surface area (Å²) in [5.41, 5.74) is 1.85. The van der Waals surface area contributed by atoms with Crippen LogP contribution in [0, 0.1) is 0 Å². The largest absolute Gasteiger partial charge is 0.489 e. The van der Waals surface area contributed by atoms with Crippen LogP contribution in [0.2, 0.25) is 0 Å². The van der Waals surface area contributed by atoms with Gasteiger partial charge in [-0.15, -0.1) is 0 Å². The van der Waals surface area contributed by atoms with Crippen LogP contribution in [0.25, 0.3) is 0 Å². The van der Waals surface area contributed by atoms with Crippen LogP contribution in [0.5, 0.6) is 5.75 Å². The zero-order valence-electron chi connectivity index (χ0n) is 14.6. The predicted octanol–water partition coefficient (Wildman–Crippen LogP) is 1.39. The molecule has 0 unspecified atom stereocenters.